The van der Waals surface area contributed by atoms with E-state index in [9.17, 15) is 4.79 Å². The summed E-state index contributed by atoms with van der Waals surface area (Å²) in [6, 6.07) is 22.0. The minimum atomic E-state index is 0.00550. The molecule has 0 spiro atoms. The number of carbonyl (C=O) groups is 1. The smallest absolute Gasteiger partial charge is 0.306 e. The van der Waals surface area contributed by atoms with Gasteiger partial charge >= 0.3 is 5.97 Å². The molecule has 0 N–H and O–H groups in total. The molecule has 4 fully saturated rings. The Bertz CT molecular complexity index is 954. The second-order valence-corrected chi connectivity index (χ2v) is 11.8. The van der Waals surface area contributed by atoms with E-state index >= 15 is 0 Å². The van der Waals surface area contributed by atoms with Crippen LogP contribution >= 0.6 is 0 Å². The van der Waals surface area contributed by atoms with Crippen molar-refractivity contribution in [2.75, 3.05) is 46.4 Å². The Morgan fingerprint density at radius 2 is 1.49 bits per heavy atom. The molecule has 4 saturated heterocycles. The number of fused-ring (bicyclic) bond motifs is 3. The molecule has 3 atom stereocenters. The van der Waals surface area contributed by atoms with Crippen LogP contribution in [0.3, 0.4) is 0 Å². The highest BCUT2D eigenvalue weighted by molar-refractivity contribution is 5.69. The molecule has 4 aliphatic heterocycles. The predicted octanol–water partition coefficient (Wildman–Crippen LogP) is 4.98. The first kappa shape index (κ1) is 28.3. The van der Waals surface area contributed by atoms with Crippen molar-refractivity contribution in [1.29, 1.82) is 0 Å². The van der Waals surface area contributed by atoms with Gasteiger partial charge in [-0.1, -0.05) is 67.1 Å². The van der Waals surface area contributed by atoms with Gasteiger partial charge in [-0.05, 0) is 75.3 Å². The number of methoxy groups -OCH3 is 1. The molecule has 6 nitrogen and oxygen atoms in total. The van der Waals surface area contributed by atoms with Crippen LogP contribution in [0.2, 0.25) is 0 Å². The molecule has 2 bridgehead atoms. The van der Waals surface area contributed by atoms with Crippen molar-refractivity contribution < 1.29 is 14.3 Å². The highest BCUT2D eigenvalue weighted by Gasteiger charge is 2.36. The van der Waals surface area contributed by atoms with Crippen molar-refractivity contribution >= 4 is 5.97 Å². The fourth-order valence-corrected chi connectivity index (χ4v) is 6.80. The zero-order chi connectivity index (χ0) is 26.9. The average Bonchev–Trinajstić information content (AvgIpc) is 2.98. The summed E-state index contributed by atoms with van der Waals surface area (Å²) in [7, 11) is 1.87. The number of piperidine rings is 4. The van der Waals surface area contributed by atoms with Crippen LogP contribution < -0.4 is 0 Å². The van der Waals surface area contributed by atoms with Gasteiger partial charge in [-0.25, -0.2) is 0 Å². The summed E-state index contributed by atoms with van der Waals surface area (Å²) in [6.07, 6.45) is 7.46. The maximum absolute atomic E-state index is 12.4. The van der Waals surface area contributed by atoms with Gasteiger partial charge in [0.2, 0.25) is 0 Å². The van der Waals surface area contributed by atoms with Crippen molar-refractivity contribution in [3.05, 3.63) is 71.8 Å². The van der Waals surface area contributed by atoms with Crippen molar-refractivity contribution in [3.63, 3.8) is 0 Å². The quantitative estimate of drug-likeness (QED) is 0.267. The number of hydrogen-bond donors (Lipinski definition) is 0. The van der Waals surface area contributed by atoms with E-state index in [2.05, 4.69) is 75.4 Å². The Hall–Kier alpha value is -2.25. The van der Waals surface area contributed by atoms with E-state index in [1.807, 2.05) is 7.11 Å². The second-order valence-electron chi connectivity index (χ2n) is 11.8. The zero-order valence-electron chi connectivity index (χ0n) is 23.8. The lowest BCUT2D eigenvalue weighted by atomic mass is 9.86. The number of esters is 1. The standard InChI is InChI=1S/C33H47N3O3/c1-38-32-26-34(19-10-4-9-15-33(37)39-31-25-35-20-16-29(31)17-21-35)22-18-30(32)36(23-27-11-5-2-6-12-27)24-28-13-7-3-8-14-28/h2-3,5-8,11-14,29-32H,4,9-10,15-26H2,1H3/t30-,31+,32?/m1/s1. The van der Waals surface area contributed by atoms with Crippen LogP contribution in [-0.4, -0.2) is 85.3 Å². The lowest BCUT2D eigenvalue weighted by Crippen LogP contribution is -2.54. The first-order chi connectivity index (χ1) is 19.2. The lowest BCUT2D eigenvalue weighted by molar-refractivity contribution is -0.158. The minimum Gasteiger partial charge on any atom is -0.461 e. The molecule has 0 radical (unpaired) electrons. The summed E-state index contributed by atoms with van der Waals surface area (Å²) in [6.45, 7) is 8.27. The van der Waals surface area contributed by atoms with Crippen LogP contribution in [0, 0.1) is 5.92 Å². The van der Waals surface area contributed by atoms with E-state index in [0.717, 1.165) is 65.0 Å². The van der Waals surface area contributed by atoms with Crippen molar-refractivity contribution in [3.8, 4) is 0 Å². The first-order valence-corrected chi connectivity index (χ1v) is 15.2. The van der Waals surface area contributed by atoms with E-state index in [1.54, 1.807) is 0 Å². The molecule has 0 aromatic heterocycles. The number of hydrogen-bond acceptors (Lipinski definition) is 6. The van der Waals surface area contributed by atoms with Crippen molar-refractivity contribution in [1.82, 2.24) is 14.7 Å². The molecule has 6 rings (SSSR count). The molecular formula is C33H47N3O3. The fraction of sp³-hybridized carbons (Fsp3) is 0.606. The molecule has 4 aliphatic rings. The van der Waals surface area contributed by atoms with Crippen LogP contribution in [0.5, 0.6) is 0 Å². The average molecular weight is 534 g/mol. The Balaban J connectivity index is 1.05. The van der Waals surface area contributed by atoms with E-state index in [-0.39, 0.29) is 18.2 Å². The van der Waals surface area contributed by atoms with Gasteiger partial charge in [-0.3, -0.25) is 14.6 Å². The Labute approximate surface area is 235 Å². The maximum atomic E-state index is 12.4. The van der Waals surface area contributed by atoms with E-state index in [4.69, 9.17) is 9.47 Å². The lowest BCUT2D eigenvalue weighted by Gasteiger charge is -2.44. The normalized spacial score (nSPS) is 27.1. The minimum absolute atomic E-state index is 0.00550. The van der Waals surface area contributed by atoms with Gasteiger partial charge in [0.15, 0.2) is 0 Å². The number of likely N-dealkylation sites (tertiary alicyclic amines) is 1. The maximum Gasteiger partial charge on any atom is 0.306 e. The van der Waals surface area contributed by atoms with Crippen LogP contribution in [0.4, 0.5) is 0 Å². The van der Waals surface area contributed by atoms with Gasteiger partial charge in [0.05, 0.1) is 6.10 Å². The number of ether oxygens (including phenoxy) is 2. The predicted molar refractivity (Wildman–Crippen MR) is 155 cm³/mol. The van der Waals surface area contributed by atoms with Gasteiger partial charge < -0.3 is 14.4 Å². The number of rotatable bonds is 13. The molecular weight excluding hydrogens is 486 g/mol. The number of carbonyl (C=O) groups excluding carboxylic acids is 1. The van der Waals surface area contributed by atoms with Crippen molar-refractivity contribution in [2.45, 2.75) is 76.3 Å². The van der Waals surface area contributed by atoms with Gasteiger partial charge in [-0.15, -0.1) is 0 Å². The van der Waals surface area contributed by atoms with Crippen molar-refractivity contribution in [2.24, 2.45) is 5.92 Å². The monoisotopic (exact) mass is 533 g/mol. The largest absolute Gasteiger partial charge is 0.461 e. The van der Waals surface area contributed by atoms with Gasteiger partial charge in [0, 0.05) is 45.8 Å². The number of nitrogens with zero attached hydrogens (tertiary/aromatic N) is 3. The second kappa shape index (κ2) is 14.4. The fourth-order valence-electron chi connectivity index (χ4n) is 6.80. The first-order valence-electron chi connectivity index (χ1n) is 15.2. The summed E-state index contributed by atoms with van der Waals surface area (Å²) < 4.78 is 12.0. The Kier molecular flexibility index (Phi) is 10.4. The Morgan fingerprint density at radius 3 is 2.08 bits per heavy atom. The molecule has 0 saturated carbocycles. The van der Waals surface area contributed by atoms with E-state index in [1.165, 1.54) is 37.1 Å². The van der Waals surface area contributed by atoms with Crippen LogP contribution in [0.15, 0.2) is 60.7 Å². The summed E-state index contributed by atoms with van der Waals surface area (Å²) >= 11 is 0. The Morgan fingerprint density at radius 1 is 0.821 bits per heavy atom. The third kappa shape index (κ3) is 8.14. The summed E-state index contributed by atoms with van der Waals surface area (Å²) in [4.78, 5) is 20.0. The van der Waals surface area contributed by atoms with Gasteiger partial charge in [0.1, 0.15) is 6.10 Å². The third-order valence-corrected chi connectivity index (χ3v) is 9.07. The molecule has 2 aromatic carbocycles. The number of unbranched alkanes of at least 4 members (excludes halogenated alkanes) is 2. The summed E-state index contributed by atoms with van der Waals surface area (Å²) in [5.74, 6) is 0.595. The van der Waals surface area contributed by atoms with Crippen LogP contribution in [0.1, 0.15) is 56.1 Å². The summed E-state index contributed by atoms with van der Waals surface area (Å²) in [5, 5.41) is 0. The SMILES string of the molecule is COC1CN(CCCCCC(=O)O[C@H]2CN3CCC2CC3)CC[C@H]1N(Cc1ccccc1)Cc1ccccc1. The highest BCUT2D eigenvalue weighted by atomic mass is 16.5. The number of benzene rings is 2. The molecule has 0 aliphatic carbocycles. The molecule has 39 heavy (non-hydrogen) atoms. The molecule has 1 unspecified atom stereocenters. The van der Waals surface area contributed by atoms with Gasteiger partial charge in [0.25, 0.3) is 0 Å². The van der Waals surface area contributed by atoms with Gasteiger partial charge in [-0.2, -0.15) is 0 Å². The summed E-state index contributed by atoms with van der Waals surface area (Å²) in [5.41, 5.74) is 2.69. The van der Waals surface area contributed by atoms with E-state index < -0.39 is 0 Å². The molecule has 212 valence electrons. The van der Waals surface area contributed by atoms with E-state index in [0.29, 0.717) is 18.4 Å². The molecule has 2 aromatic rings. The molecule has 4 heterocycles. The topological polar surface area (TPSA) is 45.2 Å². The van der Waals surface area contributed by atoms with Crippen LogP contribution in [-0.2, 0) is 27.4 Å². The zero-order valence-corrected chi connectivity index (χ0v) is 23.8. The van der Waals surface area contributed by atoms with Crippen LogP contribution in [0.25, 0.3) is 0 Å². The third-order valence-electron chi connectivity index (χ3n) is 9.07. The molecule has 0 amide bonds. The molecule has 6 heteroatoms. The highest BCUT2D eigenvalue weighted by Crippen LogP contribution is 2.30.